The molecule has 0 unspecified atom stereocenters. The van der Waals surface area contributed by atoms with Gasteiger partial charge in [0.25, 0.3) is 0 Å². The molecule has 0 saturated heterocycles. The monoisotopic (exact) mass is 302 g/mol. The molecule has 0 aliphatic rings. The van der Waals surface area contributed by atoms with E-state index in [-0.39, 0.29) is 11.7 Å². The van der Waals surface area contributed by atoms with Crippen LogP contribution in [0.25, 0.3) is 10.2 Å². The third kappa shape index (κ3) is 2.38. The fourth-order valence-corrected chi connectivity index (χ4v) is 3.29. The number of furan rings is 1. The molecule has 2 heterocycles. The number of carbonyl (C=O) groups is 1. The fourth-order valence-electron chi connectivity index (χ4n) is 2.18. The Kier molecular flexibility index (Phi) is 3.62. The predicted octanol–water partition coefficient (Wildman–Crippen LogP) is 3.07. The lowest BCUT2D eigenvalue weighted by Gasteiger charge is -2.05. The molecule has 3 aromatic rings. The van der Waals surface area contributed by atoms with Gasteiger partial charge in [-0.05, 0) is 31.2 Å². The molecule has 0 atom stereocenters. The molecule has 5 nitrogen and oxygen atoms in total. The second-order valence-corrected chi connectivity index (χ2v) is 5.34. The van der Waals surface area contributed by atoms with E-state index in [0.717, 1.165) is 16.0 Å². The van der Waals surface area contributed by atoms with Crippen LogP contribution in [0.2, 0.25) is 0 Å². The number of aromatic nitrogens is 1. The summed E-state index contributed by atoms with van der Waals surface area (Å²) in [4.78, 5) is 16.9. The van der Waals surface area contributed by atoms with Gasteiger partial charge in [0.05, 0.1) is 18.1 Å². The van der Waals surface area contributed by atoms with Gasteiger partial charge in [-0.2, -0.15) is 4.99 Å². The Hall–Kier alpha value is -2.34. The predicted molar refractivity (Wildman–Crippen MR) is 80.6 cm³/mol. The molecule has 21 heavy (non-hydrogen) atoms. The molecule has 6 heteroatoms. The van der Waals surface area contributed by atoms with Gasteiger partial charge in [-0.15, -0.1) is 0 Å². The highest BCUT2D eigenvalue weighted by molar-refractivity contribution is 7.16. The summed E-state index contributed by atoms with van der Waals surface area (Å²) in [6, 6.07) is 9.10. The molecule has 0 fully saturated rings. The molecule has 3 rings (SSSR count). The van der Waals surface area contributed by atoms with E-state index in [9.17, 15) is 4.79 Å². The maximum atomic E-state index is 12.1. The lowest BCUT2D eigenvalue weighted by atomic mass is 10.3. The molecular formula is C15H14N2O3S. The number of benzene rings is 1. The highest BCUT2D eigenvalue weighted by atomic mass is 32.1. The van der Waals surface area contributed by atoms with Crippen molar-refractivity contribution in [3.8, 4) is 5.75 Å². The maximum absolute atomic E-state index is 12.1. The van der Waals surface area contributed by atoms with Gasteiger partial charge in [0.2, 0.25) is 0 Å². The highest BCUT2D eigenvalue weighted by Gasteiger charge is 2.12. The zero-order valence-electron chi connectivity index (χ0n) is 11.7. The van der Waals surface area contributed by atoms with Gasteiger partial charge >= 0.3 is 5.91 Å². The summed E-state index contributed by atoms with van der Waals surface area (Å²) in [5.74, 6) is 0.632. The summed E-state index contributed by atoms with van der Waals surface area (Å²) >= 11 is 1.46. The number of hydrogen-bond acceptors (Lipinski definition) is 4. The number of hydrogen-bond donors (Lipinski definition) is 0. The van der Waals surface area contributed by atoms with E-state index in [0.29, 0.717) is 11.3 Å². The Labute approximate surface area is 125 Å². The van der Waals surface area contributed by atoms with Gasteiger partial charge in [-0.25, -0.2) is 0 Å². The van der Waals surface area contributed by atoms with Crippen molar-refractivity contribution in [2.24, 2.45) is 4.99 Å². The topological polar surface area (TPSA) is 56.7 Å². The first-order chi connectivity index (χ1) is 10.2. The Bertz CT molecular complexity index is 844. The number of thiazole rings is 1. The molecule has 0 N–H and O–H groups in total. The van der Waals surface area contributed by atoms with Crippen LogP contribution in [-0.2, 0) is 6.54 Å². The number of amides is 1. The van der Waals surface area contributed by atoms with Gasteiger partial charge in [0, 0.05) is 6.54 Å². The third-order valence-corrected chi connectivity index (χ3v) is 4.17. The van der Waals surface area contributed by atoms with Crippen LogP contribution in [0.3, 0.4) is 0 Å². The van der Waals surface area contributed by atoms with Crippen LogP contribution in [0.1, 0.15) is 17.5 Å². The minimum absolute atomic E-state index is 0.238. The Balaban J connectivity index is 2.21. The first-order valence-electron chi connectivity index (χ1n) is 6.53. The Morgan fingerprint density at radius 3 is 2.90 bits per heavy atom. The van der Waals surface area contributed by atoms with Crippen LogP contribution in [0.5, 0.6) is 5.75 Å². The molecule has 0 spiro atoms. The van der Waals surface area contributed by atoms with E-state index in [1.165, 1.54) is 17.6 Å². The van der Waals surface area contributed by atoms with Crippen molar-refractivity contribution in [2.75, 3.05) is 7.11 Å². The molecule has 1 amide bonds. The Morgan fingerprint density at radius 2 is 2.24 bits per heavy atom. The summed E-state index contributed by atoms with van der Waals surface area (Å²) in [5.41, 5.74) is 0.957. The standard InChI is InChI=1S/C15H14N2O3S/c1-3-17-13-10(19-2)6-4-8-12(13)21-15(17)16-14(18)11-7-5-9-20-11/h4-9H,3H2,1-2H3. The smallest absolute Gasteiger partial charge is 0.315 e. The van der Waals surface area contributed by atoms with E-state index in [4.69, 9.17) is 9.15 Å². The van der Waals surface area contributed by atoms with E-state index in [1.54, 1.807) is 19.2 Å². The fraction of sp³-hybridized carbons (Fsp3) is 0.200. The Morgan fingerprint density at radius 1 is 1.38 bits per heavy atom. The minimum atomic E-state index is -0.382. The summed E-state index contributed by atoms with van der Waals surface area (Å²) in [6.07, 6.45) is 1.46. The lowest BCUT2D eigenvalue weighted by Crippen LogP contribution is -2.16. The van der Waals surface area contributed by atoms with Crippen molar-refractivity contribution in [1.82, 2.24) is 4.57 Å². The molecular weight excluding hydrogens is 288 g/mol. The van der Waals surface area contributed by atoms with Gasteiger partial charge in [0.15, 0.2) is 10.6 Å². The number of para-hydroxylation sites is 1. The number of ether oxygens (including phenoxy) is 1. The first kappa shape index (κ1) is 13.6. The second kappa shape index (κ2) is 5.57. The third-order valence-electron chi connectivity index (χ3n) is 3.13. The molecule has 0 bridgehead atoms. The largest absolute Gasteiger partial charge is 0.495 e. The maximum Gasteiger partial charge on any atom is 0.315 e. The van der Waals surface area contributed by atoms with Crippen molar-refractivity contribution in [1.29, 1.82) is 0 Å². The average Bonchev–Trinajstić information content (AvgIpc) is 3.13. The molecule has 1 aromatic carbocycles. The van der Waals surface area contributed by atoms with Crippen LogP contribution in [0.15, 0.2) is 46.0 Å². The van der Waals surface area contributed by atoms with E-state index < -0.39 is 0 Å². The molecule has 0 radical (unpaired) electrons. The van der Waals surface area contributed by atoms with Gasteiger partial charge < -0.3 is 13.7 Å². The summed E-state index contributed by atoms with van der Waals surface area (Å²) in [7, 11) is 1.64. The van der Waals surface area contributed by atoms with Crippen molar-refractivity contribution < 1.29 is 13.9 Å². The van der Waals surface area contributed by atoms with Crippen molar-refractivity contribution in [3.05, 3.63) is 47.2 Å². The van der Waals surface area contributed by atoms with Crippen LogP contribution in [0, 0.1) is 0 Å². The van der Waals surface area contributed by atoms with Crippen LogP contribution >= 0.6 is 11.3 Å². The zero-order valence-corrected chi connectivity index (χ0v) is 12.5. The number of rotatable bonds is 3. The number of fused-ring (bicyclic) bond motifs is 1. The molecule has 108 valence electrons. The van der Waals surface area contributed by atoms with Crippen LogP contribution in [-0.4, -0.2) is 17.6 Å². The van der Waals surface area contributed by atoms with Gasteiger partial charge in [0.1, 0.15) is 11.3 Å². The van der Waals surface area contributed by atoms with Crippen molar-refractivity contribution >= 4 is 27.5 Å². The normalized spacial score (nSPS) is 12.0. The average molecular weight is 302 g/mol. The quantitative estimate of drug-likeness (QED) is 0.747. The SMILES string of the molecule is CCn1c(=NC(=O)c2ccco2)sc2cccc(OC)c21. The first-order valence-corrected chi connectivity index (χ1v) is 7.35. The second-order valence-electron chi connectivity index (χ2n) is 4.33. The summed E-state index contributed by atoms with van der Waals surface area (Å²) in [5, 5.41) is 0. The summed E-state index contributed by atoms with van der Waals surface area (Å²) < 4.78 is 13.5. The number of nitrogens with zero attached hydrogens (tertiary/aromatic N) is 2. The molecule has 0 saturated carbocycles. The van der Waals surface area contributed by atoms with E-state index in [1.807, 2.05) is 29.7 Å². The van der Waals surface area contributed by atoms with Crippen LogP contribution < -0.4 is 9.54 Å². The number of aryl methyl sites for hydroxylation is 1. The van der Waals surface area contributed by atoms with E-state index >= 15 is 0 Å². The van der Waals surface area contributed by atoms with Gasteiger partial charge in [-0.1, -0.05) is 17.4 Å². The van der Waals surface area contributed by atoms with Crippen molar-refractivity contribution in [2.45, 2.75) is 13.5 Å². The van der Waals surface area contributed by atoms with Crippen molar-refractivity contribution in [3.63, 3.8) is 0 Å². The lowest BCUT2D eigenvalue weighted by molar-refractivity contribution is 0.0971. The molecule has 0 aliphatic carbocycles. The number of methoxy groups -OCH3 is 1. The minimum Gasteiger partial charge on any atom is -0.495 e. The molecule has 2 aromatic heterocycles. The number of carbonyl (C=O) groups excluding carboxylic acids is 1. The highest BCUT2D eigenvalue weighted by Crippen LogP contribution is 2.27. The molecule has 0 aliphatic heterocycles. The zero-order chi connectivity index (χ0) is 14.8. The van der Waals surface area contributed by atoms with Crippen LogP contribution in [0.4, 0.5) is 0 Å². The van der Waals surface area contributed by atoms with E-state index in [2.05, 4.69) is 4.99 Å². The van der Waals surface area contributed by atoms with Gasteiger partial charge in [-0.3, -0.25) is 4.79 Å². The summed E-state index contributed by atoms with van der Waals surface area (Å²) in [6.45, 7) is 2.71.